The predicted molar refractivity (Wildman–Crippen MR) is 81.3 cm³/mol. The molecular formula is C17H32N2. The van der Waals surface area contributed by atoms with E-state index < -0.39 is 0 Å². The Bertz CT molecular complexity index is 323. The maximum atomic E-state index is 3.88. The van der Waals surface area contributed by atoms with Crippen LogP contribution in [0.5, 0.6) is 0 Å². The van der Waals surface area contributed by atoms with Gasteiger partial charge in [-0.05, 0) is 43.9 Å². The Labute approximate surface area is 119 Å². The van der Waals surface area contributed by atoms with Crippen molar-refractivity contribution in [2.24, 2.45) is 11.3 Å². The first kappa shape index (κ1) is 13.9. The summed E-state index contributed by atoms with van der Waals surface area (Å²) in [6, 6.07) is 1.53. The fraction of sp³-hybridized carbons (Fsp3) is 1.00. The van der Waals surface area contributed by atoms with Crippen LogP contribution in [0.1, 0.15) is 66.2 Å². The lowest BCUT2D eigenvalue weighted by atomic mass is 9.80. The average Bonchev–Trinajstić information content (AvgIpc) is 3.06. The molecule has 1 saturated heterocycles. The van der Waals surface area contributed by atoms with E-state index in [-0.39, 0.29) is 0 Å². The molecule has 2 nitrogen and oxygen atoms in total. The molecule has 19 heavy (non-hydrogen) atoms. The van der Waals surface area contributed by atoms with E-state index in [2.05, 4.69) is 37.9 Å². The molecule has 2 heteroatoms. The van der Waals surface area contributed by atoms with Crippen molar-refractivity contribution in [2.75, 3.05) is 13.1 Å². The largest absolute Gasteiger partial charge is 0.310 e. The van der Waals surface area contributed by atoms with E-state index in [4.69, 9.17) is 0 Å². The molecule has 2 atom stereocenters. The zero-order valence-corrected chi connectivity index (χ0v) is 13.3. The molecule has 1 aliphatic heterocycles. The van der Waals surface area contributed by atoms with Crippen LogP contribution in [0.15, 0.2) is 0 Å². The third-order valence-electron chi connectivity index (χ3n) is 6.01. The molecule has 1 heterocycles. The summed E-state index contributed by atoms with van der Waals surface area (Å²) in [6.07, 6.45) is 8.71. The Morgan fingerprint density at radius 2 is 1.68 bits per heavy atom. The van der Waals surface area contributed by atoms with Crippen LogP contribution in [0, 0.1) is 11.3 Å². The molecule has 0 aromatic heterocycles. The van der Waals surface area contributed by atoms with Crippen molar-refractivity contribution < 1.29 is 0 Å². The third kappa shape index (κ3) is 2.58. The standard InChI is InChI=1S/C17H32N2/c1-16(2,3)15-11-19(14-7-5-6-8-14)17(4,12-18-15)13-9-10-13/h13-15,18H,5-12H2,1-4H3. The van der Waals surface area contributed by atoms with Gasteiger partial charge in [0.2, 0.25) is 0 Å². The maximum Gasteiger partial charge on any atom is 0.0337 e. The number of hydrogen-bond acceptors (Lipinski definition) is 2. The first-order chi connectivity index (χ1) is 8.91. The van der Waals surface area contributed by atoms with Gasteiger partial charge in [-0.3, -0.25) is 4.90 Å². The summed E-state index contributed by atoms with van der Waals surface area (Å²) in [7, 11) is 0. The molecule has 0 bridgehead atoms. The molecule has 3 fully saturated rings. The third-order valence-corrected chi connectivity index (χ3v) is 6.01. The molecular weight excluding hydrogens is 232 g/mol. The highest BCUT2D eigenvalue weighted by Gasteiger charge is 2.51. The van der Waals surface area contributed by atoms with Crippen molar-refractivity contribution in [3.05, 3.63) is 0 Å². The zero-order chi connectivity index (χ0) is 13.7. The van der Waals surface area contributed by atoms with Gasteiger partial charge in [-0.15, -0.1) is 0 Å². The van der Waals surface area contributed by atoms with E-state index in [0.717, 1.165) is 12.0 Å². The quantitative estimate of drug-likeness (QED) is 0.822. The molecule has 0 aromatic carbocycles. The van der Waals surface area contributed by atoms with Crippen LogP contribution in [-0.4, -0.2) is 35.6 Å². The smallest absolute Gasteiger partial charge is 0.0337 e. The van der Waals surface area contributed by atoms with E-state index in [1.54, 1.807) is 0 Å². The van der Waals surface area contributed by atoms with Gasteiger partial charge < -0.3 is 5.32 Å². The van der Waals surface area contributed by atoms with Gasteiger partial charge in [0.15, 0.2) is 0 Å². The molecule has 3 aliphatic rings. The topological polar surface area (TPSA) is 15.3 Å². The van der Waals surface area contributed by atoms with Crippen LogP contribution in [0.4, 0.5) is 0 Å². The highest BCUT2D eigenvalue weighted by atomic mass is 15.3. The summed E-state index contributed by atoms with van der Waals surface area (Å²) in [5.74, 6) is 0.960. The summed E-state index contributed by atoms with van der Waals surface area (Å²) in [6.45, 7) is 12.2. The fourth-order valence-corrected chi connectivity index (χ4v) is 4.35. The van der Waals surface area contributed by atoms with Gasteiger partial charge in [0, 0.05) is 30.7 Å². The minimum absolute atomic E-state index is 0.377. The van der Waals surface area contributed by atoms with E-state index >= 15 is 0 Å². The molecule has 2 aliphatic carbocycles. The lowest BCUT2D eigenvalue weighted by Gasteiger charge is -2.54. The number of nitrogens with zero attached hydrogens (tertiary/aromatic N) is 1. The minimum atomic E-state index is 0.377. The molecule has 3 rings (SSSR count). The summed E-state index contributed by atoms with van der Waals surface area (Å²) >= 11 is 0. The van der Waals surface area contributed by atoms with Crippen LogP contribution >= 0.6 is 0 Å². The lowest BCUT2D eigenvalue weighted by molar-refractivity contribution is -0.0195. The fourth-order valence-electron chi connectivity index (χ4n) is 4.35. The van der Waals surface area contributed by atoms with Crippen LogP contribution in [0.3, 0.4) is 0 Å². The van der Waals surface area contributed by atoms with Crippen molar-refractivity contribution in [1.29, 1.82) is 0 Å². The second-order valence-electron chi connectivity index (χ2n) is 8.52. The van der Waals surface area contributed by atoms with Crippen molar-refractivity contribution in [2.45, 2.75) is 83.8 Å². The number of nitrogens with one attached hydrogen (secondary N) is 1. The molecule has 0 spiro atoms. The molecule has 1 N–H and O–H groups in total. The van der Waals surface area contributed by atoms with E-state index in [0.29, 0.717) is 17.0 Å². The van der Waals surface area contributed by atoms with Gasteiger partial charge in [-0.1, -0.05) is 33.6 Å². The normalized spacial score (nSPS) is 38.8. The monoisotopic (exact) mass is 264 g/mol. The second-order valence-corrected chi connectivity index (χ2v) is 8.52. The van der Waals surface area contributed by atoms with Crippen LogP contribution in [-0.2, 0) is 0 Å². The van der Waals surface area contributed by atoms with Gasteiger partial charge >= 0.3 is 0 Å². The Kier molecular flexibility index (Phi) is 3.46. The first-order valence-electron chi connectivity index (χ1n) is 8.41. The van der Waals surface area contributed by atoms with E-state index in [1.165, 1.54) is 51.6 Å². The minimum Gasteiger partial charge on any atom is -0.310 e. The molecule has 0 amide bonds. The molecule has 2 saturated carbocycles. The molecule has 0 aromatic rings. The van der Waals surface area contributed by atoms with Gasteiger partial charge in [-0.2, -0.15) is 0 Å². The second kappa shape index (κ2) is 4.73. The first-order valence-corrected chi connectivity index (χ1v) is 8.41. The van der Waals surface area contributed by atoms with Crippen molar-refractivity contribution in [3.63, 3.8) is 0 Å². The average molecular weight is 264 g/mol. The van der Waals surface area contributed by atoms with Gasteiger partial charge in [0.25, 0.3) is 0 Å². The Morgan fingerprint density at radius 1 is 1.05 bits per heavy atom. The van der Waals surface area contributed by atoms with Gasteiger partial charge in [0.05, 0.1) is 0 Å². The van der Waals surface area contributed by atoms with Crippen molar-refractivity contribution >= 4 is 0 Å². The van der Waals surface area contributed by atoms with Crippen LogP contribution < -0.4 is 5.32 Å². The zero-order valence-electron chi connectivity index (χ0n) is 13.3. The Morgan fingerprint density at radius 3 is 2.21 bits per heavy atom. The molecule has 0 radical (unpaired) electrons. The summed E-state index contributed by atoms with van der Waals surface area (Å²) in [5.41, 5.74) is 0.818. The number of piperazine rings is 1. The van der Waals surface area contributed by atoms with Crippen molar-refractivity contribution in [1.82, 2.24) is 10.2 Å². The summed E-state index contributed by atoms with van der Waals surface area (Å²) < 4.78 is 0. The summed E-state index contributed by atoms with van der Waals surface area (Å²) in [5, 5.41) is 3.88. The van der Waals surface area contributed by atoms with Gasteiger partial charge in [-0.25, -0.2) is 0 Å². The molecule has 2 unspecified atom stereocenters. The van der Waals surface area contributed by atoms with Crippen molar-refractivity contribution in [3.8, 4) is 0 Å². The van der Waals surface area contributed by atoms with E-state index in [1.807, 2.05) is 0 Å². The molecule has 110 valence electrons. The highest BCUT2D eigenvalue weighted by molar-refractivity contribution is 5.08. The maximum absolute atomic E-state index is 3.88. The number of hydrogen-bond donors (Lipinski definition) is 1. The van der Waals surface area contributed by atoms with Crippen LogP contribution in [0.2, 0.25) is 0 Å². The Hall–Kier alpha value is -0.0800. The van der Waals surface area contributed by atoms with Crippen LogP contribution in [0.25, 0.3) is 0 Å². The lowest BCUT2D eigenvalue weighted by Crippen LogP contribution is -2.68. The number of rotatable bonds is 2. The SMILES string of the molecule is CC(C)(C)C1CN(C2CCCC2)C(C)(C2CC2)CN1. The van der Waals surface area contributed by atoms with Gasteiger partial charge in [0.1, 0.15) is 0 Å². The van der Waals surface area contributed by atoms with E-state index in [9.17, 15) is 0 Å². The predicted octanol–water partition coefficient (Wildman–Crippen LogP) is 3.42. The summed E-state index contributed by atoms with van der Waals surface area (Å²) in [4.78, 5) is 2.93. The highest BCUT2D eigenvalue weighted by Crippen LogP contribution is 2.47. The Balaban J connectivity index is 1.79.